The first kappa shape index (κ1) is 26.7. The molecule has 1 saturated heterocycles. The van der Waals surface area contributed by atoms with Crippen LogP contribution in [0.2, 0.25) is 0 Å². The molecule has 200 valence electrons. The van der Waals surface area contributed by atoms with Gasteiger partial charge in [-0.3, -0.25) is 15.1 Å². The Morgan fingerprint density at radius 1 is 1.14 bits per heavy atom. The van der Waals surface area contributed by atoms with Crippen molar-refractivity contribution in [3.63, 3.8) is 0 Å². The highest BCUT2D eigenvalue weighted by molar-refractivity contribution is 7.80. The Bertz CT molecular complexity index is 1120. The summed E-state index contributed by atoms with van der Waals surface area (Å²) in [5, 5.41) is 17.8. The van der Waals surface area contributed by atoms with Gasteiger partial charge in [0.25, 0.3) is 5.69 Å². The second-order valence-corrected chi connectivity index (χ2v) is 9.52. The van der Waals surface area contributed by atoms with Gasteiger partial charge in [-0.2, -0.15) is 13.2 Å². The van der Waals surface area contributed by atoms with Gasteiger partial charge in [-0.25, -0.2) is 0 Å². The van der Waals surface area contributed by atoms with Crippen LogP contribution in [0.15, 0.2) is 36.7 Å². The smallest absolute Gasteiger partial charge is 0.423 e. The molecule has 1 aliphatic heterocycles. The molecular weight excluding hydrogens is 509 g/mol. The molecule has 1 aromatic heterocycles. The number of piperazine rings is 1. The van der Waals surface area contributed by atoms with Crippen molar-refractivity contribution in [3.05, 3.63) is 52.3 Å². The minimum absolute atomic E-state index is 0.0254. The van der Waals surface area contributed by atoms with Crippen molar-refractivity contribution in [1.82, 2.24) is 15.2 Å². The number of nitrogens with one attached hydrogen (secondary N) is 2. The molecule has 2 N–H and O–H groups in total. The summed E-state index contributed by atoms with van der Waals surface area (Å²) >= 11 is 5.31. The number of nitro groups is 1. The summed E-state index contributed by atoms with van der Waals surface area (Å²) < 4.78 is 46.0. The van der Waals surface area contributed by atoms with Crippen molar-refractivity contribution in [3.8, 4) is 5.75 Å². The molecule has 0 spiro atoms. The third kappa shape index (κ3) is 6.70. The number of nitro benzene ring substituents is 1. The molecule has 13 heteroatoms. The molecule has 0 amide bonds. The monoisotopic (exact) mass is 538 g/mol. The zero-order chi connectivity index (χ0) is 26.6. The average molecular weight is 539 g/mol. The molecule has 1 aliphatic carbocycles. The van der Waals surface area contributed by atoms with E-state index in [-0.39, 0.29) is 17.8 Å². The Labute approximate surface area is 218 Å². The van der Waals surface area contributed by atoms with Gasteiger partial charge in [0.05, 0.1) is 29.1 Å². The molecule has 2 aromatic rings. The van der Waals surface area contributed by atoms with Gasteiger partial charge >= 0.3 is 6.18 Å². The van der Waals surface area contributed by atoms with Crippen molar-refractivity contribution < 1.29 is 22.8 Å². The van der Waals surface area contributed by atoms with Crippen LogP contribution in [0.25, 0.3) is 0 Å². The average Bonchev–Trinajstić information content (AvgIpc) is 2.89. The standard InChI is InChI=1S/C24H29F3N6O3S/c1-28-23(37)32-10-8-31(9-11-32)18-13-20(15-29-14-18)36-19-5-2-16(3-6-19)30-17-4-7-22(33(34)35)21(12-17)24(25,26)27/h4,7,12-16,19,30H,2-3,5-6,8-11H2,1H3,(H,28,37). The van der Waals surface area contributed by atoms with Crippen LogP contribution in [-0.2, 0) is 6.18 Å². The molecule has 1 saturated carbocycles. The zero-order valence-electron chi connectivity index (χ0n) is 20.3. The van der Waals surface area contributed by atoms with Crippen LogP contribution >= 0.6 is 12.2 Å². The number of thiocarbonyl (C=S) groups is 1. The van der Waals surface area contributed by atoms with E-state index in [1.165, 1.54) is 6.07 Å². The molecule has 2 heterocycles. The fourth-order valence-electron chi connectivity index (χ4n) is 4.74. The van der Waals surface area contributed by atoms with E-state index < -0.39 is 22.4 Å². The Hall–Kier alpha value is -3.35. The van der Waals surface area contributed by atoms with Crippen molar-refractivity contribution in [2.24, 2.45) is 0 Å². The van der Waals surface area contributed by atoms with E-state index in [2.05, 4.69) is 25.4 Å². The Kier molecular flexibility index (Phi) is 8.20. The third-order valence-corrected chi connectivity index (χ3v) is 7.15. The Morgan fingerprint density at radius 3 is 2.46 bits per heavy atom. The maximum absolute atomic E-state index is 13.3. The topological polar surface area (TPSA) is 95.8 Å². The molecule has 0 atom stereocenters. The normalized spacial score (nSPS) is 20.3. The predicted molar refractivity (Wildman–Crippen MR) is 138 cm³/mol. The molecule has 0 unspecified atom stereocenters. The highest BCUT2D eigenvalue weighted by Crippen LogP contribution is 2.38. The molecule has 1 aromatic carbocycles. The summed E-state index contributed by atoms with van der Waals surface area (Å²) in [4.78, 5) is 18.7. The van der Waals surface area contributed by atoms with E-state index in [0.717, 1.165) is 62.0 Å². The van der Waals surface area contributed by atoms with Gasteiger partial charge in [0.1, 0.15) is 11.3 Å². The SMILES string of the molecule is CNC(=S)N1CCN(c2cncc(OC3CCC(Nc4ccc([N+](=O)[O-])c(C(F)(F)F)c4)CC3)c2)CC1. The van der Waals surface area contributed by atoms with Gasteiger partial charge in [-0.05, 0) is 50.0 Å². The molecule has 37 heavy (non-hydrogen) atoms. The molecule has 2 fully saturated rings. The largest absolute Gasteiger partial charge is 0.489 e. The number of anilines is 2. The van der Waals surface area contributed by atoms with Gasteiger partial charge in [0.2, 0.25) is 0 Å². The van der Waals surface area contributed by atoms with Crippen LogP contribution in [-0.4, -0.2) is 65.3 Å². The summed E-state index contributed by atoms with van der Waals surface area (Å²) in [6.45, 7) is 3.28. The predicted octanol–water partition coefficient (Wildman–Crippen LogP) is 4.44. The lowest BCUT2D eigenvalue weighted by molar-refractivity contribution is -0.388. The first-order valence-electron chi connectivity index (χ1n) is 12.1. The molecular formula is C24H29F3N6O3S. The summed E-state index contributed by atoms with van der Waals surface area (Å²) in [5.74, 6) is 0.687. The van der Waals surface area contributed by atoms with E-state index in [9.17, 15) is 23.3 Å². The number of hydrogen-bond donors (Lipinski definition) is 2. The molecule has 4 rings (SSSR count). The molecule has 2 aliphatic rings. The highest BCUT2D eigenvalue weighted by Gasteiger charge is 2.38. The highest BCUT2D eigenvalue weighted by atomic mass is 32.1. The minimum Gasteiger partial charge on any atom is -0.489 e. The maximum Gasteiger partial charge on any atom is 0.423 e. The molecule has 0 radical (unpaired) electrons. The van der Waals surface area contributed by atoms with Crippen molar-refractivity contribution >= 4 is 34.4 Å². The first-order chi connectivity index (χ1) is 17.6. The summed E-state index contributed by atoms with van der Waals surface area (Å²) in [7, 11) is 1.82. The minimum atomic E-state index is -4.80. The van der Waals surface area contributed by atoms with Crippen molar-refractivity contribution in [1.29, 1.82) is 0 Å². The number of pyridine rings is 1. The van der Waals surface area contributed by atoms with E-state index in [0.29, 0.717) is 18.6 Å². The first-order valence-corrected chi connectivity index (χ1v) is 12.5. The van der Waals surface area contributed by atoms with E-state index in [1.807, 2.05) is 19.3 Å². The Morgan fingerprint density at radius 2 is 1.84 bits per heavy atom. The van der Waals surface area contributed by atoms with Crippen molar-refractivity contribution in [2.75, 3.05) is 43.4 Å². The van der Waals surface area contributed by atoms with Gasteiger partial charge in [-0.15, -0.1) is 0 Å². The lowest BCUT2D eigenvalue weighted by atomic mass is 9.92. The maximum atomic E-state index is 13.3. The van der Waals surface area contributed by atoms with Gasteiger partial charge in [0.15, 0.2) is 5.11 Å². The third-order valence-electron chi connectivity index (χ3n) is 6.69. The van der Waals surface area contributed by atoms with Crippen LogP contribution in [0.1, 0.15) is 31.2 Å². The quantitative estimate of drug-likeness (QED) is 0.314. The fraction of sp³-hybridized carbons (Fsp3) is 0.500. The van der Waals surface area contributed by atoms with Gasteiger partial charge in [0, 0.05) is 57.1 Å². The number of rotatable bonds is 6. The van der Waals surface area contributed by atoms with E-state index in [1.54, 1.807) is 6.20 Å². The molecule has 9 nitrogen and oxygen atoms in total. The summed E-state index contributed by atoms with van der Waals surface area (Å²) in [6, 6.07) is 4.96. The number of hydrogen-bond acceptors (Lipinski definition) is 7. The lowest BCUT2D eigenvalue weighted by Crippen LogP contribution is -2.51. The molecule has 0 bridgehead atoms. The lowest BCUT2D eigenvalue weighted by Gasteiger charge is -2.37. The number of ether oxygens (including phenoxy) is 1. The van der Waals surface area contributed by atoms with E-state index in [4.69, 9.17) is 17.0 Å². The van der Waals surface area contributed by atoms with E-state index >= 15 is 0 Å². The van der Waals surface area contributed by atoms with Crippen molar-refractivity contribution in [2.45, 2.75) is 44.0 Å². The zero-order valence-corrected chi connectivity index (χ0v) is 21.1. The number of halogens is 3. The van der Waals surface area contributed by atoms with Crippen LogP contribution < -0.4 is 20.3 Å². The number of benzene rings is 1. The number of alkyl halides is 3. The number of aromatic nitrogens is 1. The summed E-state index contributed by atoms with van der Waals surface area (Å²) in [6.07, 6.45) is 1.52. The van der Waals surface area contributed by atoms with Gasteiger partial charge in [-0.1, -0.05) is 0 Å². The second kappa shape index (κ2) is 11.4. The summed E-state index contributed by atoms with van der Waals surface area (Å²) in [5.41, 5.74) is -0.997. The number of nitrogens with zero attached hydrogens (tertiary/aromatic N) is 4. The van der Waals surface area contributed by atoms with Gasteiger partial charge < -0.3 is 25.2 Å². The Balaban J connectivity index is 1.30. The van der Waals surface area contributed by atoms with Crippen LogP contribution in [0.5, 0.6) is 5.75 Å². The second-order valence-electron chi connectivity index (χ2n) is 9.13. The van der Waals surface area contributed by atoms with Crippen LogP contribution in [0, 0.1) is 10.1 Å². The van der Waals surface area contributed by atoms with Crippen LogP contribution in [0.4, 0.5) is 30.2 Å². The van der Waals surface area contributed by atoms with Crippen LogP contribution in [0.3, 0.4) is 0 Å². The fourth-order valence-corrected chi connectivity index (χ4v) is 4.92.